The largest absolute Gasteiger partial charge is 0.497 e. The van der Waals surface area contributed by atoms with Crippen molar-refractivity contribution >= 4 is 35.1 Å². The zero-order chi connectivity index (χ0) is 23.5. The van der Waals surface area contributed by atoms with Gasteiger partial charge in [0.1, 0.15) is 11.5 Å². The number of benzene rings is 3. The molecule has 0 saturated carbocycles. The summed E-state index contributed by atoms with van der Waals surface area (Å²) in [5.41, 5.74) is 1.41. The number of aliphatic carboxylic acids is 1. The number of methoxy groups -OCH3 is 1. The number of rotatable bonds is 7. The second-order valence-corrected chi connectivity index (χ2v) is 7.07. The summed E-state index contributed by atoms with van der Waals surface area (Å²) in [7, 11) is 1.52. The van der Waals surface area contributed by atoms with E-state index in [1.807, 2.05) is 0 Å². The highest BCUT2D eigenvalue weighted by Crippen LogP contribution is 2.30. The molecule has 0 fully saturated rings. The van der Waals surface area contributed by atoms with E-state index in [0.29, 0.717) is 22.9 Å². The summed E-state index contributed by atoms with van der Waals surface area (Å²) in [6, 6.07) is 17.0. The molecule has 3 aromatic rings. The normalized spacial score (nSPS) is 12.3. The van der Waals surface area contributed by atoms with Gasteiger partial charge in [0, 0.05) is 11.3 Å². The second kappa shape index (κ2) is 8.83. The number of amides is 3. The first-order valence-electron chi connectivity index (χ1n) is 9.80. The third kappa shape index (κ3) is 4.38. The van der Waals surface area contributed by atoms with Gasteiger partial charge in [0.2, 0.25) is 0 Å². The molecule has 0 spiro atoms. The van der Waals surface area contributed by atoms with Crippen LogP contribution in [0.1, 0.15) is 31.1 Å². The molecule has 2 N–H and O–H groups in total. The van der Waals surface area contributed by atoms with Crippen molar-refractivity contribution in [1.29, 1.82) is 0 Å². The van der Waals surface area contributed by atoms with E-state index < -0.39 is 30.3 Å². The first kappa shape index (κ1) is 21.6. The number of anilines is 2. The highest BCUT2D eigenvalue weighted by atomic mass is 16.5. The van der Waals surface area contributed by atoms with Gasteiger partial charge < -0.3 is 19.9 Å². The molecule has 0 bridgehead atoms. The number of hydrogen-bond acceptors (Lipinski definition) is 6. The zero-order valence-corrected chi connectivity index (χ0v) is 17.4. The minimum atomic E-state index is -1.09. The minimum absolute atomic E-state index is 0.140. The number of fused-ring (bicyclic) bond motifs is 1. The van der Waals surface area contributed by atoms with Crippen LogP contribution < -0.4 is 19.7 Å². The topological polar surface area (TPSA) is 122 Å². The molecule has 0 radical (unpaired) electrons. The van der Waals surface area contributed by atoms with Gasteiger partial charge in [0.05, 0.1) is 23.9 Å². The Labute approximate surface area is 188 Å². The molecule has 33 heavy (non-hydrogen) atoms. The van der Waals surface area contributed by atoms with Crippen LogP contribution in [0.4, 0.5) is 11.4 Å². The maximum atomic E-state index is 12.9. The van der Waals surface area contributed by atoms with Crippen molar-refractivity contribution in [1.82, 2.24) is 0 Å². The maximum absolute atomic E-state index is 12.9. The van der Waals surface area contributed by atoms with Crippen molar-refractivity contribution in [3.05, 3.63) is 83.4 Å². The highest BCUT2D eigenvalue weighted by molar-refractivity contribution is 6.34. The van der Waals surface area contributed by atoms with E-state index in [1.165, 1.54) is 37.4 Å². The van der Waals surface area contributed by atoms with Crippen LogP contribution in [0.5, 0.6) is 11.5 Å². The fourth-order valence-electron chi connectivity index (χ4n) is 3.33. The third-order valence-corrected chi connectivity index (χ3v) is 4.95. The third-order valence-electron chi connectivity index (χ3n) is 4.95. The Bertz CT molecular complexity index is 1250. The lowest BCUT2D eigenvalue weighted by molar-refractivity contribution is -0.139. The second-order valence-electron chi connectivity index (χ2n) is 7.07. The molecular formula is C24H18N2O7. The zero-order valence-electron chi connectivity index (χ0n) is 17.4. The van der Waals surface area contributed by atoms with Gasteiger partial charge in [-0.2, -0.15) is 0 Å². The van der Waals surface area contributed by atoms with Crippen LogP contribution in [0.2, 0.25) is 0 Å². The van der Waals surface area contributed by atoms with Gasteiger partial charge in [-0.15, -0.1) is 0 Å². The van der Waals surface area contributed by atoms with Crippen LogP contribution >= 0.6 is 0 Å². The number of carboxylic acids is 1. The summed E-state index contributed by atoms with van der Waals surface area (Å²) in [6.07, 6.45) is 0. The number of imide groups is 1. The summed E-state index contributed by atoms with van der Waals surface area (Å²) in [5.74, 6) is -1.62. The Morgan fingerprint density at radius 2 is 1.52 bits per heavy atom. The van der Waals surface area contributed by atoms with E-state index in [9.17, 15) is 19.2 Å². The van der Waals surface area contributed by atoms with E-state index >= 15 is 0 Å². The maximum Gasteiger partial charge on any atom is 0.341 e. The lowest BCUT2D eigenvalue weighted by atomic mass is 10.1. The first-order valence-corrected chi connectivity index (χ1v) is 9.80. The monoisotopic (exact) mass is 446 g/mol. The molecule has 0 unspecified atom stereocenters. The number of carboxylic acid groups (broad SMARTS) is 1. The highest BCUT2D eigenvalue weighted by Gasteiger charge is 2.37. The lowest BCUT2D eigenvalue weighted by Crippen LogP contribution is -2.29. The van der Waals surface area contributed by atoms with Gasteiger partial charge >= 0.3 is 5.97 Å². The number of nitrogens with one attached hydrogen (secondary N) is 1. The van der Waals surface area contributed by atoms with Gasteiger partial charge in [-0.1, -0.05) is 0 Å². The Balaban J connectivity index is 1.50. The molecule has 9 nitrogen and oxygen atoms in total. The molecule has 3 amide bonds. The molecule has 4 rings (SSSR count). The Morgan fingerprint density at radius 3 is 2.15 bits per heavy atom. The average Bonchev–Trinajstić information content (AvgIpc) is 3.08. The SMILES string of the molecule is COc1ccc(N2C(=O)c3ccc(C(=O)Nc4ccc(OCC(=O)O)cc4)cc3C2=O)cc1. The Morgan fingerprint density at radius 1 is 0.879 bits per heavy atom. The number of carbonyl (C=O) groups is 4. The first-order chi connectivity index (χ1) is 15.9. The van der Waals surface area contributed by atoms with E-state index in [2.05, 4.69) is 5.32 Å². The van der Waals surface area contributed by atoms with Crippen molar-refractivity contribution in [2.24, 2.45) is 0 Å². The van der Waals surface area contributed by atoms with Crippen molar-refractivity contribution in [2.75, 3.05) is 23.9 Å². The van der Waals surface area contributed by atoms with Crippen molar-refractivity contribution < 1.29 is 33.8 Å². The summed E-state index contributed by atoms with van der Waals surface area (Å²) in [5, 5.41) is 11.3. The number of nitrogens with zero attached hydrogens (tertiary/aromatic N) is 1. The standard InChI is InChI=1S/C24H18N2O7/c1-32-17-9-5-16(6-10-17)26-23(30)19-11-2-14(12-20(19)24(26)31)22(29)25-15-3-7-18(8-4-15)33-13-21(27)28/h2-12H,13H2,1H3,(H,25,29)(H,27,28). The van der Waals surface area contributed by atoms with Crippen LogP contribution in [0.3, 0.4) is 0 Å². The average molecular weight is 446 g/mol. The van der Waals surface area contributed by atoms with Gasteiger partial charge in [0.15, 0.2) is 6.61 Å². The van der Waals surface area contributed by atoms with Crippen LogP contribution in [0, 0.1) is 0 Å². The number of ether oxygens (including phenoxy) is 2. The van der Waals surface area contributed by atoms with Crippen LogP contribution in [-0.2, 0) is 4.79 Å². The molecule has 1 heterocycles. The van der Waals surface area contributed by atoms with Gasteiger partial charge in [-0.3, -0.25) is 14.4 Å². The van der Waals surface area contributed by atoms with E-state index in [0.717, 1.165) is 4.90 Å². The van der Waals surface area contributed by atoms with Gasteiger partial charge in [-0.05, 0) is 66.7 Å². The fraction of sp³-hybridized carbons (Fsp3) is 0.0833. The Hall–Kier alpha value is -4.66. The lowest BCUT2D eigenvalue weighted by Gasteiger charge is -2.14. The molecule has 3 aromatic carbocycles. The molecular weight excluding hydrogens is 428 g/mol. The quantitative estimate of drug-likeness (QED) is 0.535. The Kier molecular flexibility index (Phi) is 5.77. The van der Waals surface area contributed by atoms with E-state index in [4.69, 9.17) is 14.6 Å². The molecule has 9 heteroatoms. The van der Waals surface area contributed by atoms with E-state index in [-0.39, 0.29) is 16.7 Å². The summed E-state index contributed by atoms with van der Waals surface area (Å²) >= 11 is 0. The number of carbonyl (C=O) groups excluding carboxylic acids is 3. The molecule has 1 aliphatic heterocycles. The smallest absolute Gasteiger partial charge is 0.341 e. The fourth-order valence-corrected chi connectivity index (χ4v) is 3.33. The van der Waals surface area contributed by atoms with Crippen LogP contribution in [-0.4, -0.2) is 42.5 Å². The molecule has 0 atom stereocenters. The molecule has 0 aliphatic carbocycles. The van der Waals surface area contributed by atoms with Gasteiger partial charge in [0.25, 0.3) is 17.7 Å². The molecule has 0 saturated heterocycles. The predicted octanol–water partition coefficient (Wildman–Crippen LogP) is 3.21. The molecule has 0 aromatic heterocycles. The van der Waals surface area contributed by atoms with Crippen molar-refractivity contribution in [2.45, 2.75) is 0 Å². The van der Waals surface area contributed by atoms with E-state index in [1.54, 1.807) is 36.4 Å². The summed E-state index contributed by atoms with van der Waals surface area (Å²) in [6.45, 7) is -0.471. The molecule has 166 valence electrons. The van der Waals surface area contributed by atoms with Crippen LogP contribution in [0.25, 0.3) is 0 Å². The predicted molar refractivity (Wildman–Crippen MR) is 118 cm³/mol. The summed E-state index contributed by atoms with van der Waals surface area (Å²) in [4.78, 5) is 50.0. The van der Waals surface area contributed by atoms with Crippen LogP contribution in [0.15, 0.2) is 66.7 Å². The minimum Gasteiger partial charge on any atom is -0.497 e. The van der Waals surface area contributed by atoms with Gasteiger partial charge in [-0.25, -0.2) is 9.69 Å². The van der Waals surface area contributed by atoms with Crippen molar-refractivity contribution in [3.8, 4) is 11.5 Å². The summed E-state index contributed by atoms with van der Waals surface area (Å²) < 4.78 is 10.2. The van der Waals surface area contributed by atoms with Crippen molar-refractivity contribution in [3.63, 3.8) is 0 Å². The molecule has 1 aliphatic rings. The number of hydrogen-bond donors (Lipinski definition) is 2.